The second-order valence-electron chi connectivity index (χ2n) is 24.9. The first kappa shape index (κ1) is 76.6. The largest absolute Gasteiger partial charge is 0.466 e. The molecular formula is C72H141NO5. The van der Waals surface area contributed by atoms with Crippen LogP contribution in [0, 0.1) is 0 Å². The zero-order chi connectivity index (χ0) is 56.4. The molecule has 0 saturated carbocycles. The van der Waals surface area contributed by atoms with E-state index in [9.17, 15) is 19.8 Å². The molecule has 2 unspecified atom stereocenters. The Kier molecular flexibility index (Phi) is 66.9. The number of hydrogen-bond donors (Lipinski definition) is 3. The fraction of sp³-hybridized carbons (Fsp3) is 0.944. The van der Waals surface area contributed by atoms with E-state index in [1.54, 1.807) is 0 Å². The summed E-state index contributed by atoms with van der Waals surface area (Å²) in [5.74, 6) is -0.00591. The molecule has 0 aliphatic rings. The Balaban J connectivity index is 3.30. The van der Waals surface area contributed by atoms with Crippen LogP contribution in [-0.2, 0) is 14.3 Å². The van der Waals surface area contributed by atoms with Crippen LogP contribution in [0.2, 0.25) is 0 Å². The van der Waals surface area contributed by atoms with Gasteiger partial charge in [-0.1, -0.05) is 360 Å². The molecule has 0 radical (unpaired) electrons. The minimum atomic E-state index is -0.659. The van der Waals surface area contributed by atoms with Crippen molar-refractivity contribution in [1.82, 2.24) is 5.32 Å². The standard InChI is InChI=1S/C72H141NO5/c1-3-5-7-9-11-13-15-41-46-50-54-58-62-66-72(77)78-67-63-59-55-51-47-43-40-38-36-34-32-30-28-26-24-22-20-18-16-17-19-21-23-25-27-29-31-33-35-37-39-42-45-49-53-57-61-65-71(76)73-69(68-74)70(75)64-60-56-52-48-44-14-12-10-8-6-4-2/h16,18,69-70,74-75H,3-15,17,19-68H2,1-2H3,(H,73,76)/b18-16-. The average molecular weight is 1100 g/mol. The van der Waals surface area contributed by atoms with Gasteiger partial charge in [-0.05, 0) is 51.4 Å². The number of allylic oxidation sites excluding steroid dienone is 2. The Morgan fingerprint density at radius 3 is 0.910 bits per heavy atom. The predicted octanol–water partition coefficient (Wildman–Crippen LogP) is 23.1. The Bertz CT molecular complexity index is 1180. The van der Waals surface area contributed by atoms with E-state index in [2.05, 4.69) is 31.3 Å². The van der Waals surface area contributed by atoms with E-state index in [-0.39, 0.29) is 18.5 Å². The molecule has 0 fully saturated rings. The molecule has 0 rings (SSSR count). The van der Waals surface area contributed by atoms with Crippen molar-refractivity contribution in [2.45, 2.75) is 424 Å². The summed E-state index contributed by atoms with van der Waals surface area (Å²) in [6.45, 7) is 4.98. The summed E-state index contributed by atoms with van der Waals surface area (Å²) in [6.07, 6.45) is 84.3. The van der Waals surface area contributed by atoms with Crippen LogP contribution in [-0.4, -0.2) is 47.4 Å². The third kappa shape index (κ3) is 63.8. The van der Waals surface area contributed by atoms with E-state index in [1.165, 1.54) is 340 Å². The van der Waals surface area contributed by atoms with Crippen LogP contribution < -0.4 is 5.32 Å². The third-order valence-corrected chi connectivity index (χ3v) is 17.1. The maximum absolute atomic E-state index is 12.5. The second-order valence-corrected chi connectivity index (χ2v) is 24.9. The zero-order valence-corrected chi connectivity index (χ0v) is 53.2. The zero-order valence-electron chi connectivity index (χ0n) is 53.2. The molecule has 2 atom stereocenters. The first-order valence-corrected chi connectivity index (χ1v) is 35.9. The van der Waals surface area contributed by atoms with Crippen LogP contribution in [0.4, 0.5) is 0 Å². The fourth-order valence-electron chi connectivity index (χ4n) is 11.6. The highest BCUT2D eigenvalue weighted by molar-refractivity contribution is 5.76. The van der Waals surface area contributed by atoms with Crippen LogP contribution >= 0.6 is 0 Å². The number of carbonyl (C=O) groups excluding carboxylic acids is 2. The fourth-order valence-corrected chi connectivity index (χ4v) is 11.6. The molecule has 0 aromatic rings. The van der Waals surface area contributed by atoms with Crippen LogP contribution in [0.3, 0.4) is 0 Å². The lowest BCUT2D eigenvalue weighted by Crippen LogP contribution is -2.45. The normalized spacial score (nSPS) is 12.5. The van der Waals surface area contributed by atoms with Gasteiger partial charge in [-0.2, -0.15) is 0 Å². The van der Waals surface area contributed by atoms with Gasteiger partial charge in [-0.15, -0.1) is 0 Å². The number of ether oxygens (including phenoxy) is 1. The maximum Gasteiger partial charge on any atom is 0.305 e. The van der Waals surface area contributed by atoms with Gasteiger partial charge in [0.1, 0.15) is 0 Å². The first-order valence-electron chi connectivity index (χ1n) is 35.9. The average Bonchev–Trinajstić information content (AvgIpc) is 3.44. The topological polar surface area (TPSA) is 95.9 Å². The monoisotopic (exact) mass is 1100 g/mol. The van der Waals surface area contributed by atoms with Gasteiger partial charge in [0.05, 0.1) is 25.4 Å². The van der Waals surface area contributed by atoms with E-state index in [0.29, 0.717) is 25.9 Å². The van der Waals surface area contributed by atoms with Crippen LogP contribution in [0.1, 0.15) is 412 Å². The predicted molar refractivity (Wildman–Crippen MR) is 343 cm³/mol. The van der Waals surface area contributed by atoms with E-state index in [1.807, 2.05) is 0 Å². The van der Waals surface area contributed by atoms with Crippen molar-refractivity contribution in [2.24, 2.45) is 0 Å². The molecule has 464 valence electrons. The summed E-state index contributed by atoms with van der Waals surface area (Å²) in [7, 11) is 0. The Labute approximate surface area is 489 Å². The van der Waals surface area contributed by atoms with E-state index < -0.39 is 12.1 Å². The van der Waals surface area contributed by atoms with Gasteiger partial charge in [-0.25, -0.2) is 0 Å². The molecule has 0 heterocycles. The molecule has 78 heavy (non-hydrogen) atoms. The smallest absolute Gasteiger partial charge is 0.305 e. The summed E-state index contributed by atoms with van der Waals surface area (Å²) >= 11 is 0. The molecule has 0 saturated heterocycles. The van der Waals surface area contributed by atoms with Crippen molar-refractivity contribution in [3.63, 3.8) is 0 Å². The molecule has 0 bridgehead atoms. The number of nitrogens with one attached hydrogen (secondary N) is 1. The molecule has 0 aromatic heterocycles. The lowest BCUT2D eigenvalue weighted by Gasteiger charge is -2.22. The molecule has 0 aliphatic heterocycles. The van der Waals surface area contributed by atoms with Gasteiger partial charge in [0.25, 0.3) is 0 Å². The van der Waals surface area contributed by atoms with Crippen LogP contribution in [0.5, 0.6) is 0 Å². The SMILES string of the molecule is CCCCCCCCCCCCCCCC(=O)OCCCCCCCCCCCCCCCCCC/C=C\CCCCCCCCCCCCCCCCCCCC(=O)NC(CO)C(O)CCCCCCCCCCCCC. The van der Waals surface area contributed by atoms with E-state index >= 15 is 0 Å². The molecular weight excluding hydrogens is 959 g/mol. The number of hydrogen-bond acceptors (Lipinski definition) is 5. The minimum Gasteiger partial charge on any atom is -0.466 e. The number of aliphatic hydroxyl groups is 2. The highest BCUT2D eigenvalue weighted by Gasteiger charge is 2.20. The lowest BCUT2D eigenvalue weighted by atomic mass is 10.0. The Morgan fingerprint density at radius 1 is 0.346 bits per heavy atom. The summed E-state index contributed by atoms with van der Waals surface area (Å²) < 4.78 is 5.49. The van der Waals surface area contributed by atoms with Crippen molar-refractivity contribution in [1.29, 1.82) is 0 Å². The molecule has 1 amide bonds. The van der Waals surface area contributed by atoms with Crippen LogP contribution in [0.25, 0.3) is 0 Å². The molecule has 0 aliphatic carbocycles. The second kappa shape index (κ2) is 68.1. The summed E-state index contributed by atoms with van der Waals surface area (Å²) in [6, 6.07) is -0.536. The van der Waals surface area contributed by atoms with E-state index in [0.717, 1.165) is 38.5 Å². The van der Waals surface area contributed by atoms with Gasteiger partial charge in [0.2, 0.25) is 5.91 Å². The summed E-state index contributed by atoms with van der Waals surface area (Å²) in [4.78, 5) is 24.5. The molecule has 0 spiro atoms. The van der Waals surface area contributed by atoms with Gasteiger partial charge < -0.3 is 20.3 Å². The van der Waals surface area contributed by atoms with Gasteiger partial charge >= 0.3 is 5.97 Å². The van der Waals surface area contributed by atoms with E-state index in [4.69, 9.17) is 4.74 Å². The number of unbranched alkanes of at least 4 members (excludes halogenated alkanes) is 55. The molecule has 0 aromatic carbocycles. The van der Waals surface area contributed by atoms with Gasteiger partial charge in [0, 0.05) is 12.8 Å². The van der Waals surface area contributed by atoms with Crippen molar-refractivity contribution < 1.29 is 24.5 Å². The highest BCUT2D eigenvalue weighted by atomic mass is 16.5. The van der Waals surface area contributed by atoms with Crippen molar-refractivity contribution >= 4 is 11.9 Å². The first-order chi connectivity index (χ1) is 38.5. The summed E-state index contributed by atoms with van der Waals surface area (Å²) in [5, 5.41) is 23.2. The van der Waals surface area contributed by atoms with Crippen molar-refractivity contribution in [3.05, 3.63) is 12.2 Å². The highest BCUT2D eigenvalue weighted by Crippen LogP contribution is 2.19. The molecule has 6 heteroatoms. The minimum absolute atomic E-state index is 0.0237. The number of amides is 1. The Hall–Kier alpha value is -1.40. The van der Waals surface area contributed by atoms with Crippen molar-refractivity contribution in [2.75, 3.05) is 13.2 Å². The number of esters is 1. The molecule has 3 N–H and O–H groups in total. The van der Waals surface area contributed by atoms with Gasteiger partial charge in [-0.3, -0.25) is 9.59 Å². The lowest BCUT2D eigenvalue weighted by molar-refractivity contribution is -0.143. The number of aliphatic hydroxyl groups excluding tert-OH is 2. The Morgan fingerprint density at radius 2 is 0.603 bits per heavy atom. The third-order valence-electron chi connectivity index (χ3n) is 17.1. The molecule has 6 nitrogen and oxygen atoms in total. The quantitative estimate of drug-likeness (QED) is 0.0320. The van der Waals surface area contributed by atoms with Gasteiger partial charge in [0.15, 0.2) is 0 Å². The van der Waals surface area contributed by atoms with Crippen molar-refractivity contribution in [3.8, 4) is 0 Å². The number of carbonyl (C=O) groups is 2. The maximum atomic E-state index is 12.5. The number of rotatable bonds is 68. The van der Waals surface area contributed by atoms with Crippen LogP contribution in [0.15, 0.2) is 12.2 Å². The summed E-state index contributed by atoms with van der Waals surface area (Å²) in [5.41, 5.74) is 0.